The minimum atomic E-state index is -4.63. The highest BCUT2D eigenvalue weighted by molar-refractivity contribution is 6.03. The first-order chi connectivity index (χ1) is 21.8. The van der Waals surface area contributed by atoms with Crippen molar-refractivity contribution in [2.45, 2.75) is 43.3 Å². The molecular weight excluding hydrogens is 618 g/mol. The molecule has 0 atom stereocenters. The lowest BCUT2D eigenvalue weighted by molar-refractivity contribution is -0.138. The molecule has 0 aromatic heterocycles. The van der Waals surface area contributed by atoms with Crippen LogP contribution in [0.25, 0.3) is 0 Å². The molecule has 246 valence electrons. The van der Waals surface area contributed by atoms with Crippen LogP contribution >= 0.6 is 0 Å². The van der Waals surface area contributed by atoms with Crippen molar-refractivity contribution in [2.24, 2.45) is 0 Å². The van der Waals surface area contributed by atoms with Crippen LogP contribution in [0.4, 0.5) is 31.1 Å². The number of halogens is 6. The number of rotatable bonds is 9. The van der Waals surface area contributed by atoms with Crippen molar-refractivity contribution in [3.8, 4) is 5.75 Å². The number of amides is 2. The normalized spacial score (nSPS) is 17.0. The zero-order valence-corrected chi connectivity index (χ0v) is 24.9. The van der Waals surface area contributed by atoms with Crippen molar-refractivity contribution in [1.82, 2.24) is 9.80 Å². The summed E-state index contributed by atoms with van der Waals surface area (Å²) in [7, 11) is 1.51. The number of piperidine rings is 1. The number of ether oxygens (including phenoxy) is 3. The molecule has 0 saturated carbocycles. The van der Waals surface area contributed by atoms with E-state index in [0.717, 1.165) is 29.2 Å². The molecule has 7 nitrogen and oxygen atoms in total. The van der Waals surface area contributed by atoms with E-state index in [-0.39, 0.29) is 24.3 Å². The highest BCUT2D eigenvalue weighted by Gasteiger charge is 2.49. The van der Waals surface area contributed by atoms with E-state index in [1.54, 1.807) is 24.3 Å². The Balaban J connectivity index is 1.18. The first-order valence-corrected chi connectivity index (χ1v) is 14.7. The van der Waals surface area contributed by atoms with Crippen molar-refractivity contribution >= 4 is 12.0 Å². The highest BCUT2D eigenvalue weighted by Crippen LogP contribution is 2.37. The third-order valence-corrected chi connectivity index (χ3v) is 8.26. The molecule has 0 radical (unpaired) electrons. The molecule has 0 N–H and O–H groups in total. The number of hydrogen-bond donors (Lipinski definition) is 0. The van der Waals surface area contributed by atoms with Gasteiger partial charge in [0.25, 0.3) is 5.91 Å². The molecule has 2 amide bonds. The van der Waals surface area contributed by atoms with Crippen LogP contribution in [0.3, 0.4) is 0 Å². The van der Waals surface area contributed by atoms with Crippen LogP contribution < -0.4 is 4.74 Å². The number of methoxy groups -OCH3 is 1. The Labute approximate surface area is 261 Å². The van der Waals surface area contributed by atoms with Gasteiger partial charge >= 0.3 is 18.4 Å². The third kappa shape index (κ3) is 7.64. The predicted molar refractivity (Wildman–Crippen MR) is 154 cm³/mol. The van der Waals surface area contributed by atoms with Crippen molar-refractivity contribution < 1.29 is 50.1 Å². The van der Waals surface area contributed by atoms with Crippen LogP contribution in [0.2, 0.25) is 0 Å². The van der Waals surface area contributed by atoms with E-state index in [1.807, 2.05) is 0 Å². The number of carbonyl (C=O) groups excluding carboxylic acids is 2. The topological polar surface area (TPSA) is 68.3 Å². The minimum Gasteiger partial charge on any atom is -0.497 e. The standard InChI is InChI=1S/C33H32F6N2O5/c1-44-27-11-9-22(10-12-27)29(42)41-21-31(46-30(41)43)13-16-40(17-14-31)15-4-18-45-28(23-5-2-7-25(19-23)32(34,35)36)24-6-3-8-26(20-24)33(37,38)39/h2-3,5-12,19-20,28H,4,13-18,21H2,1H3. The van der Waals surface area contributed by atoms with Crippen LogP contribution in [0, 0.1) is 0 Å². The van der Waals surface area contributed by atoms with Gasteiger partial charge in [0.1, 0.15) is 17.5 Å². The number of carbonyl (C=O) groups is 2. The van der Waals surface area contributed by atoms with Crippen molar-refractivity contribution in [1.29, 1.82) is 0 Å². The van der Waals surface area contributed by atoms with Gasteiger partial charge in [0, 0.05) is 44.6 Å². The van der Waals surface area contributed by atoms with Crippen molar-refractivity contribution in [3.05, 3.63) is 101 Å². The van der Waals surface area contributed by atoms with Crippen molar-refractivity contribution in [3.63, 3.8) is 0 Å². The molecule has 3 aromatic carbocycles. The van der Waals surface area contributed by atoms with Crippen molar-refractivity contribution in [2.75, 3.05) is 39.9 Å². The van der Waals surface area contributed by atoms with E-state index in [4.69, 9.17) is 14.2 Å². The number of imide groups is 1. The quantitative estimate of drug-likeness (QED) is 0.178. The number of alkyl halides is 6. The first kappa shape index (κ1) is 33.3. The molecule has 3 aromatic rings. The van der Waals surface area contributed by atoms with E-state index in [0.29, 0.717) is 50.2 Å². The van der Waals surface area contributed by atoms with Crippen LogP contribution in [-0.4, -0.2) is 67.3 Å². The average Bonchev–Trinajstić information content (AvgIpc) is 3.36. The number of hydrogen-bond acceptors (Lipinski definition) is 6. The number of likely N-dealkylation sites (tertiary alicyclic amines) is 1. The first-order valence-electron chi connectivity index (χ1n) is 14.7. The minimum absolute atomic E-state index is 0.0674. The van der Waals surface area contributed by atoms with Gasteiger partial charge in [-0.2, -0.15) is 26.3 Å². The lowest BCUT2D eigenvalue weighted by Crippen LogP contribution is -2.47. The fourth-order valence-corrected chi connectivity index (χ4v) is 5.74. The van der Waals surface area contributed by atoms with Gasteiger partial charge in [0.05, 0.1) is 24.8 Å². The van der Waals surface area contributed by atoms with Gasteiger partial charge in [0.15, 0.2) is 0 Å². The lowest BCUT2D eigenvalue weighted by atomic mass is 9.91. The Kier molecular flexibility index (Phi) is 9.64. The van der Waals surface area contributed by atoms with E-state index in [2.05, 4.69) is 4.90 Å². The Morgan fingerprint density at radius 2 is 1.46 bits per heavy atom. The Hall–Kier alpha value is -4.10. The number of nitrogens with zero attached hydrogens (tertiary/aromatic N) is 2. The highest BCUT2D eigenvalue weighted by atomic mass is 19.4. The monoisotopic (exact) mass is 650 g/mol. The summed E-state index contributed by atoms with van der Waals surface area (Å²) in [4.78, 5) is 28.8. The summed E-state index contributed by atoms with van der Waals surface area (Å²) in [5, 5.41) is 0. The zero-order valence-electron chi connectivity index (χ0n) is 24.9. The van der Waals surface area contributed by atoms with E-state index in [9.17, 15) is 35.9 Å². The summed E-state index contributed by atoms with van der Waals surface area (Å²) in [6, 6.07) is 15.2. The SMILES string of the molecule is COc1ccc(C(=O)N2CC3(CCN(CCCOC(c4cccc(C(F)(F)F)c4)c4cccc(C(F)(F)F)c4)CC3)OC2=O)cc1. The summed E-state index contributed by atoms with van der Waals surface area (Å²) < 4.78 is 97.3. The summed E-state index contributed by atoms with van der Waals surface area (Å²) in [6.45, 7) is 1.85. The summed E-state index contributed by atoms with van der Waals surface area (Å²) in [5.41, 5.74) is -2.14. The molecule has 2 aliphatic heterocycles. The van der Waals surface area contributed by atoms with Gasteiger partial charge < -0.3 is 19.1 Å². The molecule has 0 bridgehead atoms. The molecule has 2 saturated heterocycles. The Morgan fingerprint density at radius 1 is 0.891 bits per heavy atom. The largest absolute Gasteiger partial charge is 0.497 e. The molecule has 1 spiro atoms. The smallest absolute Gasteiger partial charge is 0.417 e. The summed E-state index contributed by atoms with van der Waals surface area (Å²) in [6.07, 6.45) is -9.68. The van der Waals surface area contributed by atoms with E-state index in [1.165, 1.54) is 31.4 Å². The molecule has 5 rings (SSSR count). The third-order valence-electron chi connectivity index (χ3n) is 8.26. The molecule has 0 aliphatic carbocycles. The van der Waals surface area contributed by atoms with Crippen LogP contribution in [-0.2, 0) is 21.8 Å². The van der Waals surface area contributed by atoms with Crippen LogP contribution in [0.5, 0.6) is 5.75 Å². The second-order valence-corrected chi connectivity index (χ2v) is 11.4. The fourth-order valence-electron chi connectivity index (χ4n) is 5.74. The van der Waals surface area contributed by atoms with Crippen LogP contribution in [0.15, 0.2) is 72.8 Å². The molecule has 2 fully saturated rings. The van der Waals surface area contributed by atoms with Gasteiger partial charge in [-0.25, -0.2) is 9.69 Å². The fraction of sp³-hybridized carbons (Fsp3) is 0.394. The molecule has 0 unspecified atom stereocenters. The maximum atomic E-state index is 13.4. The van der Waals surface area contributed by atoms with Gasteiger partial charge in [-0.3, -0.25) is 4.79 Å². The van der Waals surface area contributed by atoms with Gasteiger partial charge in [-0.15, -0.1) is 0 Å². The average molecular weight is 651 g/mol. The Morgan fingerprint density at radius 3 is 1.98 bits per heavy atom. The molecule has 2 heterocycles. The zero-order chi connectivity index (χ0) is 33.1. The van der Waals surface area contributed by atoms with Gasteiger partial charge in [-0.05, 0) is 66.1 Å². The van der Waals surface area contributed by atoms with E-state index >= 15 is 0 Å². The van der Waals surface area contributed by atoms with Crippen LogP contribution in [0.1, 0.15) is 58.0 Å². The number of benzene rings is 3. The Bertz CT molecular complexity index is 1480. The molecular formula is C33H32F6N2O5. The lowest BCUT2D eigenvalue weighted by Gasteiger charge is -2.37. The second-order valence-electron chi connectivity index (χ2n) is 11.4. The van der Waals surface area contributed by atoms with Gasteiger partial charge in [0.2, 0.25) is 0 Å². The summed E-state index contributed by atoms with van der Waals surface area (Å²) >= 11 is 0. The second kappa shape index (κ2) is 13.3. The molecule has 13 heteroatoms. The molecule has 46 heavy (non-hydrogen) atoms. The predicted octanol–water partition coefficient (Wildman–Crippen LogP) is 7.36. The maximum absolute atomic E-state index is 13.4. The van der Waals surface area contributed by atoms with E-state index < -0.39 is 47.2 Å². The van der Waals surface area contributed by atoms with Gasteiger partial charge in [-0.1, -0.05) is 24.3 Å². The maximum Gasteiger partial charge on any atom is 0.417 e. The summed E-state index contributed by atoms with van der Waals surface area (Å²) in [5.74, 6) is 0.122. The molecule has 2 aliphatic rings.